The minimum Gasteiger partial charge on any atom is -0.461 e. The predicted octanol–water partition coefficient (Wildman–Crippen LogP) is 1.55. The fourth-order valence-electron chi connectivity index (χ4n) is 4.05. The highest BCUT2D eigenvalue weighted by molar-refractivity contribution is 6.26. The zero-order chi connectivity index (χ0) is 27.8. The number of rotatable bonds is 14. The second kappa shape index (κ2) is 13.0. The van der Waals surface area contributed by atoms with Crippen LogP contribution in [-0.2, 0) is 35.1 Å². The van der Waals surface area contributed by atoms with Crippen LogP contribution in [0.3, 0.4) is 0 Å². The van der Waals surface area contributed by atoms with Crippen molar-refractivity contribution in [2.24, 2.45) is 5.92 Å². The number of aromatic amines is 1. The summed E-state index contributed by atoms with van der Waals surface area (Å²) < 4.78 is 5.36. The summed E-state index contributed by atoms with van der Waals surface area (Å²) in [5.41, 5.74) is 1.68. The first-order valence-electron chi connectivity index (χ1n) is 12.8. The van der Waals surface area contributed by atoms with Crippen molar-refractivity contribution >= 4 is 46.6 Å². The molecule has 1 heterocycles. The van der Waals surface area contributed by atoms with Crippen LogP contribution >= 0.6 is 0 Å². The van der Waals surface area contributed by atoms with E-state index in [2.05, 4.69) is 20.9 Å². The molecule has 11 nitrogen and oxygen atoms in total. The van der Waals surface area contributed by atoms with Crippen molar-refractivity contribution in [3.63, 3.8) is 0 Å². The Labute approximate surface area is 221 Å². The van der Waals surface area contributed by atoms with Crippen molar-refractivity contribution in [2.75, 3.05) is 0 Å². The lowest BCUT2D eigenvalue weighted by atomic mass is 10.0. The summed E-state index contributed by atoms with van der Waals surface area (Å²) in [7, 11) is 0. The summed E-state index contributed by atoms with van der Waals surface area (Å²) in [4.78, 5) is 66.0. The number of hydrogen-bond acceptors (Lipinski definition) is 7. The third-order valence-corrected chi connectivity index (χ3v) is 6.29. The van der Waals surface area contributed by atoms with Crippen molar-refractivity contribution < 1.29 is 28.7 Å². The van der Waals surface area contributed by atoms with Crippen molar-refractivity contribution in [1.29, 1.82) is 5.41 Å². The summed E-state index contributed by atoms with van der Waals surface area (Å²) >= 11 is 0. The van der Waals surface area contributed by atoms with Crippen LogP contribution in [0, 0.1) is 11.3 Å². The molecular formula is C27H35N5O6. The van der Waals surface area contributed by atoms with Crippen molar-refractivity contribution in [3.8, 4) is 0 Å². The van der Waals surface area contributed by atoms with Crippen molar-refractivity contribution in [3.05, 3.63) is 36.0 Å². The van der Waals surface area contributed by atoms with Gasteiger partial charge < -0.3 is 31.1 Å². The third-order valence-electron chi connectivity index (χ3n) is 6.29. The maximum atomic E-state index is 13.3. The Morgan fingerprint density at radius 3 is 2.37 bits per heavy atom. The van der Waals surface area contributed by atoms with Crippen LogP contribution in [0.2, 0.25) is 0 Å². The van der Waals surface area contributed by atoms with Gasteiger partial charge in [-0.05, 0) is 36.8 Å². The summed E-state index contributed by atoms with van der Waals surface area (Å²) in [5.74, 6) is -3.04. The monoisotopic (exact) mass is 525 g/mol. The highest BCUT2D eigenvalue weighted by Crippen LogP contribution is 2.24. The van der Waals surface area contributed by atoms with E-state index in [1.807, 2.05) is 24.3 Å². The van der Waals surface area contributed by atoms with Crippen LogP contribution in [0.4, 0.5) is 0 Å². The number of ketones is 1. The van der Waals surface area contributed by atoms with Gasteiger partial charge in [0.1, 0.15) is 24.2 Å². The Balaban J connectivity index is 1.77. The van der Waals surface area contributed by atoms with Gasteiger partial charge in [0.2, 0.25) is 17.7 Å². The fraction of sp³-hybridized carbons (Fsp3) is 0.481. The molecule has 38 heavy (non-hydrogen) atoms. The molecule has 1 aliphatic carbocycles. The molecule has 0 radical (unpaired) electrons. The van der Waals surface area contributed by atoms with Crippen molar-refractivity contribution in [1.82, 2.24) is 20.9 Å². The first kappa shape index (κ1) is 28.5. The molecule has 204 valence electrons. The van der Waals surface area contributed by atoms with Crippen molar-refractivity contribution in [2.45, 2.75) is 77.1 Å². The Bertz CT molecular complexity index is 1200. The average Bonchev–Trinajstić information content (AvgIpc) is 3.60. The standard InChI is InChI=1S/C27H35N5O6/c1-15(2)24(27(37)38-19-9-10-19)32-25(35)22(11-8-18(34)13-28)31-26(36)23(30-16(3)33)12-17-14-29-21-7-5-4-6-20(17)21/h4-7,13-15,19,22-24,28-29H,8-12H2,1-3H3,(H,30,33)(H,31,36)(H,32,35)/t22-,23-,24-/m0/s1. The number of hydrogen-bond donors (Lipinski definition) is 5. The molecule has 5 N–H and O–H groups in total. The van der Waals surface area contributed by atoms with E-state index in [-0.39, 0.29) is 31.3 Å². The second-order valence-corrected chi connectivity index (χ2v) is 9.89. The number of Topliss-reactive ketones (excluding diaryl/α,β-unsaturated/α-hetero) is 1. The van der Waals surface area contributed by atoms with Gasteiger partial charge in [0.05, 0.1) is 6.21 Å². The van der Waals surface area contributed by atoms with E-state index in [0.29, 0.717) is 6.21 Å². The molecule has 1 aromatic carbocycles. The average molecular weight is 526 g/mol. The fourth-order valence-corrected chi connectivity index (χ4v) is 4.05. The van der Waals surface area contributed by atoms with Crippen LogP contribution in [0.25, 0.3) is 10.9 Å². The molecule has 0 saturated heterocycles. The van der Waals surface area contributed by atoms with Crippen LogP contribution in [0.1, 0.15) is 52.0 Å². The quantitative estimate of drug-likeness (QED) is 0.185. The molecule has 1 aliphatic rings. The van der Waals surface area contributed by atoms with Gasteiger partial charge in [-0.2, -0.15) is 0 Å². The molecule has 11 heteroatoms. The Kier molecular flexibility index (Phi) is 9.75. The number of H-pyrrole nitrogens is 1. The molecule has 0 aliphatic heterocycles. The number of amides is 3. The molecule has 3 amide bonds. The van der Waals surface area contributed by atoms with E-state index in [0.717, 1.165) is 29.3 Å². The normalized spacial score (nSPS) is 15.3. The third kappa shape index (κ3) is 7.99. The van der Waals surface area contributed by atoms with Gasteiger partial charge in [0.25, 0.3) is 0 Å². The number of esters is 1. The molecule has 1 saturated carbocycles. The number of nitrogens with one attached hydrogen (secondary N) is 5. The summed E-state index contributed by atoms with van der Waals surface area (Å²) in [5, 5.41) is 16.0. The number of carbonyl (C=O) groups is 5. The maximum Gasteiger partial charge on any atom is 0.329 e. The van der Waals surface area contributed by atoms with Gasteiger partial charge in [-0.1, -0.05) is 32.0 Å². The first-order chi connectivity index (χ1) is 18.1. The zero-order valence-corrected chi connectivity index (χ0v) is 21.8. The Morgan fingerprint density at radius 2 is 1.74 bits per heavy atom. The highest BCUT2D eigenvalue weighted by Gasteiger charge is 2.35. The van der Waals surface area contributed by atoms with E-state index >= 15 is 0 Å². The molecular weight excluding hydrogens is 490 g/mol. The second-order valence-electron chi connectivity index (χ2n) is 9.89. The number of carbonyl (C=O) groups excluding carboxylic acids is 5. The van der Waals surface area contributed by atoms with Crippen LogP contribution in [0.15, 0.2) is 30.5 Å². The predicted molar refractivity (Wildman–Crippen MR) is 140 cm³/mol. The Morgan fingerprint density at radius 1 is 1.05 bits per heavy atom. The van der Waals surface area contributed by atoms with E-state index in [4.69, 9.17) is 10.1 Å². The molecule has 1 aromatic heterocycles. The zero-order valence-electron chi connectivity index (χ0n) is 21.8. The number of benzene rings is 1. The van der Waals surface area contributed by atoms with E-state index in [1.165, 1.54) is 6.92 Å². The minimum atomic E-state index is -1.18. The number of aromatic nitrogens is 1. The largest absolute Gasteiger partial charge is 0.461 e. The minimum absolute atomic E-state index is 0.0891. The number of para-hydroxylation sites is 1. The SMILES string of the molecule is CC(=O)N[C@@H](Cc1c[nH]c2ccccc12)C(=O)N[C@@H](CCC(=O)C=N)C(=O)N[C@H](C(=O)OC1CC1)C(C)C. The lowest BCUT2D eigenvalue weighted by Gasteiger charge is -2.26. The molecule has 0 bridgehead atoms. The molecule has 0 spiro atoms. The molecule has 0 unspecified atom stereocenters. The van der Waals surface area contributed by atoms with Gasteiger partial charge in [0.15, 0.2) is 5.78 Å². The van der Waals surface area contributed by atoms with Gasteiger partial charge >= 0.3 is 5.97 Å². The number of ether oxygens (including phenoxy) is 1. The van der Waals surface area contributed by atoms with E-state index < -0.39 is 47.6 Å². The maximum absolute atomic E-state index is 13.3. The van der Waals surface area contributed by atoms with Gasteiger partial charge in [-0.15, -0.1) is 0 Å². The molecule has 2 aromatic rings. The van der Waals surface area contributed by atoms with Gasteiger partial charge in [0, 0.05) is 36.9 Å². The summed E-state index contributed by atoms with van der Waals surface area (Å²) in [6.07, 6.45) is 3.76. The van der Waals surface area contributed by atoms with Crippen LogP contribution in [0.5, 0.6) is 0 Å². The van der Waals surface area contributed by atoms with Gasteiger partial charge in [-0.25, -0.2) is 4.79 Å². The topological polar surface area (TPSA) is 170 Å². The summed E-state index contributed by atoms with van der Waals surface area (Å²) in [6.45, 7) is 4.82. The van der Waals surface area contributed by atoms with Crippen LogP contribution < -0.4 is 16.0 Å². The Hall–Kier alpha value is -4.02. The van der Waals surface area contributed by atoms with E-state index in [1.54, 1.807) is 20.0 Å². The van der Waals surface area contributed by atoms with E-state index in [9.17, 15) is 24.0 Å². The lowest BCUT2D eigenvalue weighted by Crippen LogP contribution is -2.57. The smallest absolute Gasteiger partial charge is 0.329 e. The van der Waals surface area contributed by atoms with Gasteiger partial charge in [-0.3, -0.25) is 19.2 Å². The highest BCUT2D eigenvalue weighted by atomic mass is 16.5. The molecule has 1 fully saturated rings. The lowest BCUT2D eigenvalue weighted by molar-refractivity contribution is -0.150. The molecule has 3 rings (SSSR count). The molecule has 3 atom stereocenters. The van der Waals surface area contributed by atoms with Crippen LogP contribution in [-0.4, -0.2) is 64.9 Å². The first-order valence-corrected chi connectivity index (χ1v) is 12.8. The number of fused-ring (bicyclic) bond motifs is 1. The summed E-state index contributed by atoms with van der Waals surface area (Å²) in [6, 6.07) is 4.43.